The van der Waals surface area contributed by atoms with E-state index in [1.54, 1.807) is 0 Å². The van der Waals surface area contributed by atoms with Gasteiger partial charge in [-0.1, -0.05) is 13.8 Å². The SMILES string of the molecule is CC(=O)OCC(COP(=O)(O)OCNC(=O)CC(C)C)OC(C)=O. The summed E-state index contributed by atoms with van der Waals surface area (Å²) in [5, 5.41) is 2.30. The van der Waals surface area contributed by atoms with Gasteiger partial charge in [0.05, 0.1) is 6.61 Å². The van der Waals surface area contributed by atoms with Gasteiger partial charge in [-0.05, 0) is 5.92 Å². The molecule has 140 valence electrons. The van der Waals surface area contributed by atoms with Crippen LogP contribution in [-0.2, 0) is 37.5 Å². The molecule has 0 heterocycles. The van der Waals surface area contributed by atoms with Crippen molar-refractivity contribution >= 4 is 25.7 Å². The molecule has 1 amide bonds. The lowest BCUT2D eigenvalue weighted by Gasteiger charge is -2.19. The third-order valence-electron chi connectivity index (χ3n) is 2.32. The second kappa shape index (κ2) is 11.1. The number of esters is 2. The molecule has 2 unspecified atom stereocenters. The Balaban J connectivity index is 4.28. The first-order valence-electron chi connectivity index (χ1n) is 7.21. The number of hydrogen-bond acceptors (Lipinski definition) is 8. The van der Waals surface area contributed by atoms with Crippen molar-refractivity contribution in [3.05, 3.63) is 0 Å². The Kier molecular flexibility index (Phi) is 10.5. The van der Waals surface area contributed by atoms with Crippen LogP contribution in [-0.4, -0.2) is 48.8 Å². The number of nitrogens with one attached hydrogen (secondary N) is 1. The summed E-state index contributed by atoms with van der Waals surface area (Å²) in [6, 6.07) is 0. The molecule has 0 aliphatic carbocycles. The molecule has 0 bridgehead atoms. The number of phosphoric ester groups is 1. The number of amides is 1. The van der Waals surface area contributed by atoms with Crippen LogP contribution in [0, 0.1) is 5.92 Å². The van der Waals surface area contributed by atoms with Crippen molar-refractivity contribution in [1.29, 1.82) is 0 Å². The van der Waals surface area contributed by atoms with Gasteiger partial charge in [0.15, 0.2) is 6.10 Å². The normalized spacial score (nSPS) is 14.6. The van der Waals surface area contributed by atoms with Gasteiger partial charge < -0.3 is 19.7 Å². The molecule has 0 aliphatic heterocycles. The van der Waals surface area contributed by atoms with Gasteiger partial charge >= 0.3 is 19.8 Å². The molecule has 0 rings (SSSR count). The first-order chi connectivity index (χ1) is 11.0. The fourth-order valence-electron chi connectivity index (χ4n) is 1.41. The second-order valence-electron chi connectivity index (χ2n) is 5.27. The van der Waals surface area contributed by atoms with E-state index in [0.717, 1.165) is 13.8 Å². The Hall–Kier alpha value is -1.48. The highest BCUT2D eigenvalue weighted by atomic mass is 31.2. The highest BCUT2D eigenvalue weighted by Crippen LogP contribution is 2.42. The van der Waals surface area contributed by atoms with Crippen LogP contribution in [0.2, 0.25) is 0 Å². The fraction of sp³-hybridized carbons (Fsp3) is 0.769. The summed E-state index contributed by atoms with van der Waals surface area (Å²) in [5.74, 6) is -1.49. The minimum absolute atomic E-state index is 0.132. The second-order valence-corrected chi connectivity index (χ2v) is 6.72. The highest BCUT2D eigenvalue weighted by Gasteiger charge is 2.25. The van der Waals surface area contributed by atoms with Crippen molar-refractivity contribution in [3.63, 3.8) is 0 Å². The molecule has 0 spiro atoms. The van der Waals surface area contributed by atoms with Gasteiger partial charge in [-0.25, -0.2) is 4.57 Å². The Morgan fingerprint density at radius 1 is 1.08 bits per heavy atom. The summed E-state index contributed by atoms with van der Waals surface area (Å²) < 4.78 is 30.3. The zero-order chi connectivity index (χ0) is 18.8. The predicted molar refractivity (Wildman–Crippen MR) is 81.5 cm³/mol. The molecular weight excluding hydrogens is 345 g/mol. The lowest BCUT2D eigenvalue weighted by Crippen LogP contribution is -2.29. The molecule has 0 aromatic heterocycles. The van der Waals surface area contributed by atoms with Gasteiger partial charge in [0, 0.05) is 20.3 Å². The van der Waals surface area contributed by atoms with E-state index in [-0.39, 0.29) is 24.9 Å². The quantitative estimate of drug-likeness (QED) is 0.307. The number of carbonyl (C=O) groups is 3. The molecule has 11 heteroatoms. The summed E-state index contributed by atoms with van der Waals surface area (Å²) in [6.07, 6.45) is -0.817. The van der Waals surface area contributed by atoms with Crippen molar-refractivity contribution in [2.45, 2.75) is 40.2 Å². The Labute approximate surface area is 140 Å². The minimum Gasteiger partial charge on any atom is -0.462 e. The largest absolute Gasteiger partial charge is 0.474 e. The predicted octanol–water partition coefficient (Wildman–Crippen LogP) is 0.735. The topological polar surface area (TPSA) is 137 Å². The van der Waals surface area contributed by atoms with Gasteiger partial charge in [-0.2, -0.15) is 0 Å². The lowest BCUT2D eigenvalue weighted by atomic mass is 10.1. The summed E-state index contributed by atoms with van der Waals surface area (Å²) in [6.45, 7) is 4.60. The van der Waals surface area contributed by atoms with Crippen LogP contribution < -0.4 is 5.32 Å². The minimum atomic E-state index is -4.47. The lowest BCUT2D eigenvalue weighted by molar-refractivity contribution is -0.158. The molecule has 0 aromatic carbocycles. The van der Waals surface area contributed by atoms with Gasteiger partial charge in [0.25, 0.3) is 0 Å². The molecule has 24 heavy (non-hydrogen) atoms. The first kappa shape index (κ1) is 22.5. The molecule has 0 saturated heterocycles. The van der Waals surface area contributed by atoms with E-state index in [4.69, 9.17) is 4.74 Å². The molecule has 2 N–H and O–H groups in total. The van der Waals surface area contributed by atoms with E-state index in [9.17, 15) is 23.8 Å². The van der Waals surface area contributed by atoms with Crippen molar-refractivity contribution in [2.24, 2.45) is 5.92 Å². The molecule has 0 saturated carbocycles. The Morgan fingerprint density at radius 2 is 1.71 bits per heavy atom. The van der Waals surface area contributed by atoms with Crippen LogP contribution in [0.25, 0.3) is 0 Å². The molecule has 2 atom stereocenters. The fourth-order valence-corrected chi connectivity index (χ4v) is 2.07. The van der Waals surface area contributed by atoms with Crippen molar-refractivity contribution < 1.29 is 42.4 Å². The summed E-state index contributed by atoms with van der Waals surface area (Å²) in [7, 11) is -4.47. The first-order valence-corrected chi connectivity index (χ1v) is 8.70. The average molecular weight is 369 g/mol. The monoisotopic (exact) mass is 369 g/mol. The van der Waals surface area contributed by atoms with Crippen molar-refractivity contribution in [1.82, 2.24) is 5.32 Å². The van der Waals surface area contributed by atoms with Crippen LogP contribution >= 0.6 is 7.82 Å². The van der Waals surface area contributed by atoms with Crippen LogP contribution in [0.15, 0.2) is 0 Å². The maximum atomic E-state index is 11.7. The third-order valence-corrected chi connectivity index (χ3v) is 3.25. The van der Waals surface area contributed by atoms with E-state index in [1.165, 1.54) is 0 Å². The van der Waals surface area contributed by atoms with Gasteiger partial charge in [-0.3, -0.25) is 23.4 Å². The maximum Gasteiger partial charge on any atom is 0.474 e. The van der Waals surface area contributed by atoms with Gasteiger partial charge in [0.2, 0.25) is 5.91 Å². The zero-order valence-corrected chi connectivity index (χ0v) is 15.0. The zero-order valence-electron chi connectivity index (χ0n) is 14.1. The van der Waals surface area contributed by atoms with E-state index < -0.39 is 39.2 Å². The number of carbonyl (C=O) groups excluding carboxylic acids is 3. The van der Waals surface area contributed by atoms with E-state index in [1.807, 2.05) is 13.8 Å². The molecule has 0 aromatic rings. The molecule has 0 aliphatic rings. The smallest absolute Gasteiger partial charge is 0.462 e. The molecule has 10 nitrogen and oxygen atoms in total. The third kappa shape index (κ3) is 13.0. The van der Waals surface area contributed by atoms with E-state index >= 15 is 0 Å². The standard InChI is InChI=1S/C13H24NO9P/c1-9(2)5-13(17)14-8-22-24(18,19)21-7-12(23-11(4)16)6-20-10(3)15/h9,12H,5-8H2,1-4H3,(H,14,17)(H,18,19). The average Bonchev–Trinajstić information content (AvgIpc) is 2.40. The van der Waals surface area contributed by atoms with Crippen LogP contribution in [0.5, 0.6) is 0 Å². The summed E-state index contributed by atoms with van der Waals surface area (Å²) in [5.41, 5.74) is 0. The Morgan fingerprint density at radius 3 is 2.21 bits per heavy atom. The summed E-state index contributed by atoms with van der Waals surface area (Å²) in [4.78, 5) is 42.5. The van der Waals surface area contributed by atoms with E-state index in [2.05, 4.69) is 19.1 Å². The maximum absolute atomic E-state index is 11.7. The highest BCUT2D eigenvalue weighted by molar-refractivity contribution is 7.47. The van der Waals surface area contributed by atoms with Crippen LogP contribution in [0.1, 0.15) is 34.1 Å². The number of hydrogen-bond donors (Lipinski definition) is 2. The van der Waals surface area contributed by atoms with Crippen molar-refractivity contribution in [3.8, 4) is 0 Å². The number of ether oxygens (including phenoxy) is 2. The van der Waals surface area contributed by atoms with E-state index in [0.29, 0.717) is 0 Å². The van der Waals surface area contributed by atoms with Crippen LogP contribution in [0.4, 0.5) is 0 Å². The van der Waals surface area contributed by atoms with Gasteiger partial charge in [0.1, 0.15) is 13.3 Å². The number of rotatable bonds is 11. The Bertz CT molecular complexity index is 480. The number of phosphoric acid groups is 1. The van der Waals surface area contributed by atoms with Gasteiger partial charge in [-0.15, -0.1) is 0 Å². The van der Waals surface area contributed by atoms with Crippen LogP contribution in [0.3, 0.4) is 0 Å². The summed E-state index contributed by atoms with van der Waals surface area (Å²) >= 11 is 0. The van der Waals surface area contributed by atoms with Crippen molar-refractivity contribution in [2.75, 3.05) is 19.9 Å². The molecule has 0 fully saturated rings. The molecular formula is C13H24NO9P. The molecule has 0 radical (unpaired) electrons.